The molecule has 0 aromatic carbocycles. The summed E-state index contributed by atoms with van der Waals surface area (Å²) in [6, 6.07) is 0. The molecule has 2 nitrogen and oxygen atoms in total. The molecule has 21 heavy (non-hydrogen) atoms. The van der Waals surface area contributed by atoms with Gasteiger partial charge in [0, 0.05) is 17.9 Å². The lowest BCUT2D eigenvalue weighted by Crippen LogP contribution is -2.42. The first kappa shape index (κ1) is 17.0. The third-order valence-corrected chi connectivity index (χ3v) is 5.92. The summed E-state index contributed by atoms with van der Waals surface area (Å²) in [6.45, 7) is 14.8. The molecule has 1 aliphatic carbocycles. The fourth-order valence-electron chi connectivity index (χ4n) is 4.29. The number of ketones is 1. The van der Waals surface area contributed by atoms with Gasteiger partial charge in [0.05, 0.1) is 0 Å². The predicted molar refractivity (Wildman–Crippen MR) is 89.4 cm³/mol. The molecule has 2 aliphatic rings. The summed E-state index contributed by atoms with van der Waals surface area (Å²) in [4.78, 5) is 15.2. The lowest BCUT2D eigenvalue weighted by molar-refractivity contribution is -0.135. The maximum atomic E-state index is 12.6. The normalized spacial score (nSPS) is 32.0. The molecule has 122 valence electrons. The van der Waals surface area contributed by atoms with Crippen LogP contribution in [0.2, 0.25) is 0 Å². The summed E-state index contributed by atoms with van der Waals surface area (Å²) in [5.74, 6) is 1.64. The molecule has 0 aromatic rings. The van der Waals surface area contributed by atoms with Gasteiger partial charge in [-0.05, 0) is 56.5 Å². The van der Waals surface area contributed by atoms with Crippen molar-refractivity contribution in [3.05, 3.63) is 0 Å². The lowest BCUT2D eigenvalue weighted by Gasteiger charge is -2.36. The van der Waals surface area contributed by atoms with Crippen LogP contribution in [0.1, 0.15) is 73.1 Å². The van der Waals surface area contributed by atoms with Gasteiger partial charge in [0.1, 0.15) is 5.78 Å². The second-order valence-corrected chi connectivity index (χ2v) is 9.13. The lowest BCUT2D eigenvalue weighted by atomic mass is 9.71. The van der Waals surface area contributed by atoms with Crippen LogP contribution in [0.5, 0.6) is 0 Å². The van der Waals surface area contributed by atoms with Crippen molar-refractivity contribution in [1.29, 1.82) is 0 Å². The largest absolute Gasteiger partial charge is 0.303 e. The number of hydrogen-bond donors (Lipinski definition) is 0. The van der Waals surface area contributed by atoms with E-state index in [1.54, 1.807) is 0 Å². The van der Waals surface area contributed by atoms with E-state index in [2.05, 4.69) is 39.5 Å². The van der Waals surface area contributed by atoms with E-state index in [9.17, 15) is 4.79 Å². The molecular weight excluding hydrogens is 258 g/mol. The van der Waals surface area contributed by atoms with E-state index < -0.39 is 0 Å². The predicted octanol–water partition coefficient (Wildman–Crippen LogP) is 4.53. The van der Waals surface area contributed by atoms with E-state index >= 15 is 0 Å². The maximum Gasteiger partial charge on any atom is 0.142 e. The van der Waals surface area contributed by atoms with E-state index in [-0.39, 0.29) is 5.41 Å². The van der Waals surface area contributed by atoms with E-state index in [4.69, 9.17) is 0 Å². The quantitative estimate of drug-likeness (QED) is 0.745. The van der Waals surface area contributed by atoms with Crippen LogP contribution in [-0.4, -0.2) is 30.3 Å². The monoisotopic (exact) mass is 293 g/mol. The Morgan fingerprint density at radius 1 is 1.10 bits per heavy atom. The highest BCUT2D eigenvalue weighted by Crippen LogP contribution is 2.37. The highest BCUT2D eigenvalue weighted by molar-refractivity contribution is 5.87. The Labute approximate surface area is 131 Å². The van der Waals surface area contributed by atoms with Gasteiger partial charge in [-0.2, -0.15) is 0 Å². The summed E-state index contributed by atoms with van der Waals surface area (Å²) in [6.07, 6.45) is 7.36. The number of hydrogen-bond acceptors (Lipinski definition) is 2. The maximum absolute atomic E-state index is 12.6. The van der Waals surface area contributed by atoms with Crippen LogP contribution in [0.15, 0.2) is 0 Å². The molecule has 1 saturated carbocycles. The van der Waals surface area contributed by atoms with Crippen molar-refractivity contribution in [2.24, 2.45) is 22.7 Å². The minimum atomic E-state index is -0.0806. The molecular formula is C19H35NO. The van der Waals surface area contributed by atoms with Gasteiger partial charge < -0.3 is 4.90 Å². The molecule has 2 heteroatoms. The van der Waals surface area contributed by atoms with Crippen molar-refractivity contribution in [2.75, 3.05) is 19.6 Å². The molecule has 0 N–H and O–H groups in total. The van der Waals surface area contributed by atoms with Gasteiger partial charge in [-0.1, -0.05) is 41.0 Å². The minimum Gasteiger partial charge on any atom is -0.303 e. The Morgan fingerprint density at radius 2 is 1.81 bits per heavy atom. The molecule has 0 radical (unpaired) electrons. The third kappa shape index (κ3) is 4.31. The SMILES string of the molecule is CC1(C)CCCC(CN2CCCC(C(C)(C)C)CC2)C1=O. The zero-order valence-electron chi connectivity index (χ0n) is 14.9. The van der Waals surface area contributed by atoms with Gasteiger partial charge in [0.25, 0.3) is 0 Å². The first-order valence-corrected chi connectivity index (χ1v) is 8.97. The van der Waals surface area contributed by atoms with Crippen LogP contribution in [0, 0.1) is 22.7 Å². The Morgan fingerprint density at radius 3 is 2.48 bits per heavy atom. The van der Waals surface area contributed by atoms with Gasteiger partial charge >= 0.3 is 0 Å². The second kappa shape index (κ2) is 6.40. The van der Waals surface area contributed by atoms with Gasteiger partial charge in [0.2, 0.25) is 0 Å². The van der Waals surface area contributed by atoms with Crippen molar-refractivity contribution < 1.29 is 4.79 Å². The van der Waals surface area contributed by atoms with Gasteiger partial charge in [-0.15, -0.1) is 0 Å². The summed E-state index contributed by atoms with van der Waals surface area (Å²) >= 11 is 0. The first-order chi connectivity index (χ1) is 9.70. The molecule has 1 saturated heterocycles. The molecule has 0 bridgehead atoms. The van der Waals surface area contributed by atoms with E-state index in [0.717, 1.165) is 25.3 Å². The fourth-order valence-corrected chi connectivity index (χ4v) is 4.29. The Hall–Kier alpha value is -0.370. The van der Waals surface area contributed by atoms with E-state index in [1.807, 2.05) is 0 Å². The molecule has 2 atom stereocenters. The summed E-state index contributed by atoms with van der Waals surface area (Å²) in [5, 5.41) is 0. The van der Waals surface area contributed by atoms with Crippen LogP contribution < -0.4 is 0 Å². The number of carbonyl (C=O) groups is 1. The number of nitrogens with zero attached hydrogens (tertiary/aromatic N) is 1. The van der Waals surface area contributed by atoms with Crippen LogP contribution >= 0.6 is 0 Å². The van der Waals surface area contributed by atoms with Crippen molar-refractivity contribution in [1.82, 2.24) is 4.90 Å². The molecule has 2 unspecified atom stereocenters. The number of likely N-dealkylation sites (tertiary alicyclic amines) is 1. The Balaban J connectivity index is 1.90. The average Bonchev–Trinajstić information content (AvgIpc) is 2.60. The standard InChI is InChI=1S/C19H35NO/c1-18(2,3)16-9-7-12-20(13-10-16)14-15-8-6-11-19(4,5)17(15)21/h15-16H,6-14H2,1-5H3. The molecule has 2 fully saturated rings. The highest BCUT2D eigenvalue weighted by Gasteiger charge is 2.38. The molecule has 0 spiro atoms. The van der Waals surface area contributed by atoms with Crippen LogP contribution in [0.25, 0.3) is 0 Å². The van der Waals surface area contributed by atoms with Crippen LogP contribution in [-0.2, 0) is 4.79 Å². The van der Waals surface area contributed by atoms with Crippen LogP contribution in [0.4, 0.5) is 0 Å². The molecule has 0 aromatic heterocycles. The fraction of sp³-hybridized carbons (Fsp3) is 0.947. The number of rotatable bonds is 2. The van der Waals surface area contributed by atoms with Crippen molar-refractivity contribution in [3.63, 3.8) is 0 Å². The van der Waals surface area contributed by atoms with E-state index in [0.29, 0.717) is 17.1 Å². The van der Waals surface area contributed by atoms with E-state index in [1.165, 1.54) is 38.8 Å². The second-order valence-electron chi connectivity index (χ2n) is 9.13. The number of Topliss-reactive ketones (excluding diaryl/α,β-unsaturated/α-hetero) is 1. The van der Waals surface area contributed by atoms with Gasteiger partial charge in [0.15, 0.2) is 0 Å². The molecule has 1 heterocycles. The molecule has 2 rings (SSSR count). The third-order valence-electron chi connectivity index (χ3n) is 5.92. The summed E-state index contributed by atoms with van der Waals surface area (Å²) < 4.78 is 0. The topological polar surface area (TPSA) is 20.3 Å². The van der Waals surface area contributed by atoms with Crippen molar-refractivity contribution >= 4 is 5.78 Å². The minimum absolute atomic E-state index is 0.0806. The number of carbonyl (C=O) groups excluding carboxylic acids is 1. The van der Waals surface area contributed by atoms with Crippen molar-refractivity contribution in [3.8, 4) is 0 Å². The zero-order valence-corrected chi connectivity index (χ0v) is 14.9. The average molecular weight is 293 g/mol. The summed E-state index contributed by atoms with van der Waals surface area (Å²) in [5.41, 5.74) is 0.349. The van der Waals surface area contributed by atoms with Crippen LogP contribution in [0.3, 0.4) is 0 Å². The first-order valence-electron chi connectivity index (χ1n) is 8.97. The Kier molecular flexibility index (Phi) is 5.18. The van der Waals surface area contributed by atoms with Gasteiger partial charge in [-0.3, -0.25) is 4.79 Å². The molecule has 1 aliphatic heterocycles. The van der Waals surface area contributed by atoms with Gasteiger partial charge in [-0.25, -0.2) is 0 Å². The zero-order chi connectivity index (χ0) is 15.7. The smallest absolute Gasteiger partial charge is 0.142 e. The highest BCUT2D eigenvalue weighted by atomic mass is 16.1. The summed E-state index contributed by atoms with van der Waals surface area (Å²) in [7, 11) is 0. The molecule has 0 amide bonds. The van der Waals surface area contributed by atoms with Crippen molar-refractivity contribution in [2.45, 2.75) is 73.1 Å². The Bertz CT molecular complexity index is 366.